The highest BCUT2D eigenvalue weighted by molar-refractivity contribution is 6.33. The van der Waals surface area contributed by atoms with Gasteiger partial charge in [0.1, 0.15) is 0 Å². The molecule has 1 fully saturated rings. The van der Waals surface area contributed by atoms with Crippen LogP contribution in [-0.4, -0.2) is 24.5 Å². The van der Waals surface area contributed by atoms with Gasteiger partial charge in [-0.3, -0.25) is 4.79 Å². The molecule has 3 N–H and O–H groups in total. The summed E-state index contributed by atoms with van der Waals surface area (Å²) >= 11 is 5.85. The van der Waals surface area contributed by atoms with E-state index in [0.717, 1.165) is 12.8 Å². The Morgan fingerprint density at radius 2 is 2.17 bits per heavy atom. The van der Waals surface area contributed by atoms with Gasteiger partial charge in [0.15, 0.2) is 6.61 Å². The molecule has 1 saturated carbocycles. The fraction of sp³-hybridized carbons (Fsp3) is 0.333. The van der Waals surface area contributed by atoms with Crippen molar-refractivity contribution >= 4 is 29.2 Å². The normalized spacial score (nSPS) is 14.1. The van der Waals surface area contributed by atoms with E-state index in [0.29, 0.717) is 5.69 Å². The zero-order valence-corrected chi connectivity index (χ0v) is 10.4. The van der Waals surface area contributed by atoms with Gasteiger partial charge in [-0.2, -0.15) is 0 Å². The number of nitrogens with one attached hydrogen (secondary N) is 1. The number of carbonyl (C=O) groups excluding carboxylic acids is 2. The van der Waals surface area contributed by atoms with Crippen LogP contribution in [0.4, 0.5) is 5.69 Å². The van der Waals surface area contributed by atoms with Crippen molar-refractivity contribution in [2.45, 2.75) is 18.9 Å². The summed E-state index contributed by atoms with van der Waals surface area (Å²) in [6.45, 7) is -0.296. The highest BCUT2D eigenvalue weighted by atomic mass is 35.5. The van der Waals surface area contributed by atoms with Gasteiger partial charge >= 0.3 is 5.97 Å². The zero-order chi connectivity index (χ0) is 13.1. The zero-order valence-electron chi connectivity index (χ0n) is 9.61. The molecule has 0 heterocycles. The number of halogens is 1. The molecule has 1 aliphatic rings. The van der Waals surface area contributed by atoms with Crippen LogP contribution in [0.2, 0.25) is 5.02 Å². The van der Waals surface area contributed by atoms with E-state index in [2.05, 4.69) is 5.32 Å². The Morgan fingerprint density at radius 1 is 1.44 bits per heavy atom. The summed E-state index contributed by atoms with van der Waals surface area (Å²) in [5.74, 6) is -0.927. The van der Waals surface area contributed by atoms with Crippen molar-refractivity contribution in [3.05, 3.63) is 28.8 Å². The van der Waals surface area contributed by atoms with Gasteiger partial charge < -0.3 is 15.8 Å². The SMILES string of the molecule is Nc1ccc(C(=O)OCC(=O)NC2CC2)c(Cl)c1. The molecule has 5 nitrogen and oxygen atoms in total. The van der Waals surface area contributed by atoms with Crippen LogP contribution in [0.25, 0.3) is 0 Å². The summed E-state index contributed by atoms with van der Waals surface area (Å²) in [6, 6.07) is 4.73. The molecule has 0 spiro atoms. The molecule has 1 aromatic carbocycles. The first-order chi connectivity index (χ1) is 8.56. The van der Waals surface area contributed by atoms with Gasteiger partial charge in [0, 0.05) is 11.7 Å². The quantitative estimate of drug-likeness (QED) is 0.638. The van der Waals surface area contributed by atoms with Gasteiger partial charge in [-0.25, -0.2) is 4.79 Å². The Balaban J connectivity index is 1.88. The van der Waals surface area contributed by atoms with Crippen LogP contribution in [-0.2, 0) is 9.53 Å². The van der Waals surface area contributed by atoms with Crippen molar-refractivity contribution in [1.29, 1.82) is 0 Å². The second-order valence-electron chi connectivity index (χ2n) is 4.16. The maximum Gasteiger partial charge on any atom is 0.340 e. The van der Waals surface area contributed by atoms with Crippen LogP contribution < -0.4 is 11.1 Å². The molecule has 0 aliphatic heterocycles. The molecule has 18 heavy (non-hydrogen) atoms. The minimum absolute atomic E-state index is 0.199. The predicted octanol–water partition coefficient (Wildman–Crippen LogP) is 1.36. The first-order valence-corrected chi connectivity index (χ1v) is 5.95. The molecular weight excluding hydrogens is 256 g/mol. The highest BCUT2D eigenvalue weighted by Crippen LogP contribution is 2.20. The number of benzene rings is 1. The number of nitrogens with two attached hydrogens (primary N) is 1. The number of ether oxygens (including phenoxy) is 1. The number of rotatable bonds is 4. The monoisotopic (exact) mass is 268 g/mol. The van der Waals surface area contributed by atoms with Crippen molar-refractivity contribution in [3.8, 4) is 0 Å². The Labute approximate surface area is 109 Å². The van der Waals surface area contributed by atoms with E-state index in [4.69, 9.17) is 22.1 Å². The summed E-state index contributed by atoms with van der Waals surface area (Å²) in [4.78, 5) is 23.0. The van der Waals surface area contributed by atoms with Gasteiger partial charge in [-0.1, -0.05) is 11.6 Å². The van der Waals surface area contributed by atoms with E-state index < -0.39 is 5.97 Å². The first kappa shape index (κ1) is 12.7. The number of nitrogen functional groups attached to an aromatic ring is 1. The van der Waals surface area contributed by atoms with Gasteiger partial charge in [-0.05, 0) is 31.0 Å². The summed E-state index contributed by atoms with van der Waals surface area (Å²) in [5, 5.41) is 2.93. The van der Waals surface area contributed by atoms with Crippen molar-refractivity contribution < 1.29 is 14.3 Å². The van der Waals surface area contributed by atoms with Gasteiger partial charge in [0.25, 0.3) is 5.91 Å². The molecule has 1 amide bonds. The fourth-order valence-corrected chi connectivity index (χ4v) is 1.67. The molecule has 0 radical (unpaired) electrons. The van der Waals surface area contributed by atoms with E-state index in [9.17, 15) is 9.59 Å². The molecule has 96 valence electrons. The molecule has 1 aliphatic carbocycles. The van der Waals surface area contributed by atoms with E-state index in [1.54, 1.807) is 6.07 Å². The summed E-state index contributed by atoms with van der Waals surface area (Å²) in [5.41, 5.74) is 6.17. The second-order valence-corrected chi connectivity index (χ2v) is 4.56. The molecule has 0 aromatic heterocycles. The Bertz CT molecular complexity index is 486. The van der Waals surface area contributed by atoms with E-state index in [1.165, 1.54) is 12.1 Å². The van der Waals surface area contributed by atoms with Crippen LogP contribution in [0.5, 0.6) is 0 Å². The lowest BCUT2D eigenvalue weighted by molar-refractivity contribution is -0.124. The number of hydrogen-bond acceptors (Lipinski definition) is 4. The highest BCUT2D eigenvalue weighted by Gasteiger charge is 2.23. The summed E-state index contributed by atoms with van der Waals surface area (Å²) < 4.78 is 4.86. The number of esters is 1. The molecule has 2 rings (SSSR count). The van der Waals surface area contributed by atoms with Crippen molar-refractivity contribution in [1.82, 2.24) is 5.32 Å². The molecule has 0 bridgehead atoms. The first-order valence-electron chi connectivity index (χ1n) is 5.58. The topological polar surface area (TPSA) is 81.4 Å². The number of amides is 1. The fourth-order valence-electron chi connectivity index (χ4n) is 1.40. The average molecular weight is 269 g/mol. The molecule has 0 unspecified atom stereocenters. The van der Waals surface area contributed by atoms with Crippen LogP contribution in [0.15, 0.2) is 18.2 Å². The third-order valence-corrected chi connectivity index (χ3v) is 2.80. The van der Waals surface area contributed by atoms with E-state index in [-0.39, 0.29) is 29.1 Å². The summed E-state index contributed by atoms with van der Waals surface area (Å²) in [6.07, 6.45) is 1.98. The predicted molar refractivity (Wildman–Crippen MR) is 67.3 cm³/mol. The van der Waals surface area contributed by atoms with Crippen molar-refractivity contribution in [3.63, 3.8) is 0 Å². The van der Waals surface area contributed by atoms with Gasteiger partial charge in [-0.15, -0.1) is 0 Å². The largest absolute Gasteiger partial charge is 0.452 e. The lowest BCUT2D eigenvalue weighted by Gasteiger charge is -2.07. The molecule has 6 heteroatoms. The maximum atomic E-state index is 11.7. The van der Waals surface area contributed by atoms with Crippen LogP contribution >= 0.6 is 11.6 Å². The smallest absolute Gasteiger partial charge is 0.340 e. The molecule has 0 atom stereocenters. The minimum atomic E-state index is -0.633. The van der Waals surface area contributed by atoms with Crippen LogP contribution in [0, 0.1) is 0 Å². The van der Waals surface area contributed by atoms with E-state index >= 15 is 0 Å². The Morgan fingerprint density at radius 3 is 2.78 bits per heavy atom. The number of carbonyl (C=O) groups is 2. The lowest BCUT2D eigenvalue weighted by Crippen LogP contribution is -2.30. The van der Waals surface area contributed by atoms with Crippen LogP contribution in [0.3, 0.4) is 0 Å². The Hall–Kier alpha value is -1.75. The van der Waals surface area contributed by atoms with Crippen LogP contribution in [0.1, 0.15) is 23.2 Å². The van der Waals surface area contributed by atoms with Gasteiger partial charge in [0.05, 0.1) is 10.6 Å². The standard InChI is InChI=1S/C12H13ClN2O3/c13-10-5-7(14)1-4-9(10)12(17)18-6-11(16)15-8-2-3-8/h1,4-5,8H,2-3,6,14H2,(H,15,16). The molecule has 0 saturated heterocycles. The minimum Gasteiger partial charge on any atom is -0.452 e. The van der Waals surface area contributed by atoms with E-state index in [1.807, 2.05) is 0 Å². The number of anilines is 1. The maximum absolute atomic E-state index is 11.7. The third kappa shape index (κ3) is 3.37. The third-order valence-electron chi connectivity index (χ3n) is 2.49. The number of hydrogen-bond donors (Lipinski definition) is 2. The lowest BCUT2D eigenvalue weighted by atomic mass is 10.2. The Kier molecular flexibility index (Phi) is 3.72. The van der Waals surface area contributed by atoms with Crippen molar-refractivity contribution in [2.75, 3.05) is 12.3 Å². The summed E-state index contributed by atoms with van der Waals surface area (Å²) in [7, 11) is 0. The van der Waals surface area contributed by atoms with Gasteiger partial charge in [0.2, 0.25) is 0 Å². The molecule has 1 aromatic rings. The molecular formula is C12H13ClN2O3. The van der Waals surface area contributed by atoms with Crippen molar-refractivity contribution in [2.24, 2.45) is 0 Å². The average Bonchev–Trinajstić information content (AvgIpc) is 3.10. The second kappa shape index (κ2) is 5.27.